The summed E-state index contributed by atoms with van der Waals surface area (Å²) in [5.74, 6) is -1.26. The number of likely N-dealkylation sites (tertiary alicyclic amines) is 1. The number of fused-ring (bicyclic) bond motifs is 2. The number of hydrogen-bond acceptors (Lipinski definition) is 5. The van der Waals surface area contributed by atoms with Crippen molar-refractivity contribution in [2.24, 2.45) is 11.8 Å². The number of carboxylic acids is 1. The minimum absolute atomic E-state index is 0.163. The molecule has 1 amide bonds. The Kier molecular flexibility index (Phi) is 2.81. The van der Waals surface area contributed by atoms with E-state index in [4.69, 9.17) is 14.2 Å². The standard InChI is InChI=1S/C18H17NO6/c1-9(10-2-3-11-13(6-10)24-8-23-11)19-7-18-5-4-12(25-18)14(17(21)22)15(18)16(19)20/h2-6,9,12,14-15H,7-8H2,1H3,(H,21,22)/t9-,12+,14+,15-,18-/m1/s1. The van der Waals surface area contributed by atoms with Gasteiger partial charge in [0.1, 0.15) is 11.5 Å². The third-order valence-electron chi connectivity index (χ3n) is 5.76. The van der Waals surface area contributed by atoms with Gasteiger partial charge in [-0.3, -0.25) is 9.59 Å². The Morgan fingerprint density at radius 2 is 2.16 bits per heavy atom. The van der Waals surface area contributed by atoms with Crippen LogP contribution in [0.2, 0.25) is 0 Å². The van der Waals surface area contributed by atoms with Gasteiger partial charge in [0.2, 0.25) is 12.7 Å². The molecule has 2 fully saturated rings. The van der Waals surface area contributed by atoms with Gasteiger partial charge in [0.15, 0.2) is 11.5 Å². The third-order valence-corrected chi connectivity index (χ3v) is 5.76. The summed E-state index contributed by atoms with van der Waals surface area (Å²) >= 11 is 0. The molecule has 130 valence electrons. The molecule has 2 saturated heterocycles. The van der Waals surface area contributed by atoms with E-state index in [1.165, 1.54) is 0 Å². The summed E-state index contributed by atoms with van der Waals surface area (Å²) in [4.78, 5) is 26.4. The Morgan fingerprint density at radius 1 is 1.36 bits per heavy atom. The maximum atomic E-state index is 13.0. The van der Waals surface area contributed by atoms with Crippen LogP contribution >= 0.6 is 0 Å². The van der Waals surface area contributed by atoms with E-state index in [-0.39, 0.29) is 18.7 Å². The van der Waals surface area contributed by atoms with Crippen molar-refractivity contribution in [3.63, 3.8) is 0 Å². The van der Waals surface area contributed by atoms with Gasteiger partial charge in [-0.25, -0.2) is 0 Å². The minimum Gasteiger partial charge on any atom is -0.481 e. The highest BCUT2D eigenvalue weighted by molar-refractivity contribution is 5.91. The van der Waals surface area contributed by atoms with Crippen LogP contribution in [0.4, 0.5) is 0 Å². The van der Waals surface area contributed by atoms with Gasteiger partial charge in [-0.15, -0.1) is 0 Å². The van der Waals surface area contributed by atoms with Gasteiger partial charge in [0.25, 0.3) is 0 Å². The number of carboxylic acid groups (broad SMARTS) is 1. The average molecular weight is 343 g/mol. The number of benzene rings is 1. The first-order valence-electron chi connectivity index (χ1n) is 8.30. The Morgan fingerprint density at radius 3 is 2.96 bits per heavy atom. The molecule has 1 N–H and O–H groups in total. The number of rotatable bonds is 3. The van der Waals surface area contributed by atoms with E-state index in [2.05, 4.69) is 0 Å². The first kappa shape index (κ1) is 14.8. The fourth-order valence-electron chi connectivity index (χ4n) is 4.49. The third kappa shape index (κ3) is 1.84. The highest BCUT2D eigenvalue weighted by atomic mass is 16.7. The normalized spacial score (nSPS) is 35.3. The lowest BCUT2D eigenvalue weighted by Gasteiger charge is -2.27. The lowest BCUT2D eigenvalue weighted by molar-refractivity contribution is -0.148. The van der Waals surface area contributed by atoms with Gasteiger partial charge < -0.3 is 24.2 Å². The van der Waals surface area contributed by atoms with E-state index in [9.17, 15) is 14.7 Å². The number of carbonyl (C=O) groups excluding carboxylic acids is 1. The molecule has 1 aromatic carbocycles. The summed E-state index contributed by atoms with van der Waals surface area (Å²) in [5, 5.41) is 9.53. The lowest BCUT2D eigenvalue weighted by atomic mass is 9.77. The van der Waals surface area contributed by atoms with Crippen molar-refractivity contribution in [3.8, 4) is 11.5 Å². The zero-order valence-corrected chi connectivity index (χ0v) is 13.5. The van der Waals surface area contributed by atoms with E-state index >= 15 is 0 Å². The Labute approximate surface area is 143 Å². The second-order valence-corrected chi connectivity index (χ2v) is 6.99. The van der Waals surface area contributed by atoms with Crippen molar-refractivity contribution >= 4 is 11.9 Å². The van der Waals surface area contributed by atoms with Crippen LogP contribution in [-0.4, -0.2) is 46.9 Å². The van der Waals surface area contributed by atoms with Crippen LogP contribution in [0.1, 0.15) is 18.5 Å². The van der Waals surface area contributed by atoms with Crippen LogP contribution in [-0.2, 0) is 14.3 Å². The first-order valence-corrected chi connectivity index (χ1v) is 8.30. The molecule has 0 radical (unpaired) electrons. The molecule has 5 rings (SSSR count). The van der Waals surface area contributed by atoms with Crippen LogP contribution in [0.5, 0.6) is 11.5 Å². The summed E-state index contributed by atoms with van der Waals surface area (Å²) in [6, 6.07) is 5.39. The fraction of sp³-hybridized carbons (Fsp3) is 0.444. The Balaban J connectivity index is 1.47. The van der Waals surface area contributed by atoms with Crippen molar-refractivity contribution in [3.05, 3.63) is 35.9 Å². The average Bonchev–Trinajstić information content (AvgIpc) is 3.33. The van der Waals surface area contributed by atoms with Crippen LogP contribution < -0.4 is 9.47 Å². The molecule has 0 aliphatic carbocycles. The molecule has 0 unspecified atom stereocenters. The predicted octanol–water partition coefficient (Wildman–Crippen LogP) is 1.34. The second-order valence-electron chi connectivity index (χ2n) is 6.99. The van der Waals surface area contributed by atoms with E-state index in [0.717, 1.165) is 5.56 Å². The molecule has 4 aliphatic rings. The maximum Gasteiger partial charge on any atom is 0.310 e. The second kappa shape index (κ2) is 4.76. The van der Waals surface area contributed by atoms with Crippen LogP contribution in [0.15, 0.2) is 30.4 Å². The summed E-state index contributed by atoms with van der Waals surface area (Å²) < 4.78 is 16.7. The summed E-state index contributed by atoms with van der Waals surface area (Å²) in [5.41, 5.74) is 0.106. The monoisotopic (exact) mass is 343 g/mol. The molecule has 4 aliphatic heterocycles. The molecule has 2 bridgehead atoms. The smallest absolute Gasteiger partial charge is 0.310 e. The maximum absolute atomic E-state index is 13.0. The van der Waals surface area contributed by atoms with Crippen molar-refractivity contribution < 1.29 is 28.9 Å². The topological polar surface area (TPSA) is 85.3 Å². The molecule has 0 saturated carbocycles. The van der Waals surface area contributed by atoms with Crippen molar-refractivity contribution in [1.29, 1.82) is 0 Å². The fourth-order valence-corrected chi connectivity index (χ4v) is 4.49. The van der Waals surface area contributed by atoms with E-state index in [0.29, 0.717) is 18.0 Å². The van der Waals surface area contributed by atoms with Crippen LogP contribution in [0.25, 0.3) is 0 Å². The summed E-state index contributed by atoms with van der Waals surface area (Å²) in [7, 11) is 0. The highest BCUT2D eigenvalue weighted by Crippen LogP contribution is 2.53. The largest absolute Gasteiger partial charge is 0.481 e. The van der Waals surface area contributed by atoms with Crippen molar-refractivity contribution in [2.45, 2.75) is 24.7 Å². The Hall–Kier alpha value is -2.54. The van der Waals surface area contributed by atoms with Crippen LogP contribution in [0.3, 0.4) is 0 Å². The number of ether oxygens (including phenoxy) is 3. The molecule has 5 atom stereocenters. The van der Waals surface area contributed by atoms with Crippen molar-refractivity contribution in [1.82, 2.24) is 4.90 Å². The molecule has 1 spiro atoms. The van der Waals surface area contributed by atoms with E-state index in [1.807, 2.05) is 31.2 Å². The number of carbonyl (C=O) groups is 2. The van der Waals surface area contributed by atoms with Gasteiger partial charge in [-0.1, -0.05) is 18.2 Å². The first-order chi connectivity index (χ1) is 12.0. The quantitative estimate of drug-likeness (QED) is 0.834. The molecular formula is C18H17NO6. The number of amides is 1. The molecule has 25 heavy (non-hydrogen) atoms. The van der Waals surface area contributed by atoms with Gasteiger partial charge >= 0.3 is 5.97 Å². The predicted molar refractivity (Wildman–Crippen MR) is 84.1 cm³/mol. The zero-order valence-electron chi connectivity index (χ0n) is 13.5. The number of hydrogen-bond donors (Lipinski definition) is 1. The van der Waals surface area contributed by atoms with Gasteiger partial charge in [0, 0.05) is 0 Å². The molecule has 1 aromatic rings. The van der Waals surface area contributed by atoms with E-state index in [1.54, 1.807) is 11.0 Å². The minimum atomic E-state index is -0.979. The van der Waals surface area contributed by atoms with E-state index < -0.39 is 29.5 Å². The van der Waals surface area contributed by atoms with Crippen LogP contribution in [0, 0.1) is 11.8 Å². The SMILES string of the molecule is C[C@H](c1ccc2c(c1)OCO2)N1C[C@@]23C=C[C@H](O2)[C@H](C(=O)O)[C@@H]3C1=O. The van der Waals surface area contributed by atoms with Gasteiger partial charge in [0.05, 0.1) is 24.6 Å². The molecule has 7 nitrogen and oxygen atoms in total. The zero-order chi connectivity index (χ0) is 17.3. The molecule has 0 aromatic heterocycles. The van der Waals surface area contributed by atoms with Gasteiger partial charge in [-0.05, 0) is 24.6 Å². The number of nitrogens with zero attached hydrogens (tertiary/aromatic N) is 1. The molecule has 7 heteroatoms. The highest BCUT2D eigenvalue weighted by Gasteiger charge is 2.67. The number of aliphatic carboxylic acids is 1. The summed E-state index contributed by atoms with van der Waals surface area (Å²) in [6.45, 7) is 2.49. The molecular weight excluding hydrogens is 326 g/mol. The lowest BCUT2D eigenvalue weighted by Crippen LogP contribution is -2.39. The Bertz CT molecular complexity index is 820. The van der Waals surface area contributed by atoms with Crippen molar-refractivity contribution in [2.75, 3.05) is 13.3 Å². The molecule has 4 heterocycles. The van der Waals surface area contributed by atoms with Gasteiger partial charge in [-0.2, -0.15) is 0 Å². The summed E-state index contributed by atoms with van der Waals surface area (Å²) in [6.07, 6.45) is 3.14.